The first-order valence-corrected chi connectivity index (χ1v) is 7.39. The average molecular weight is 340 g/mol. The maximum absolute atomic E-state index is 5.87. The van der Waals surface area contributed by atoms with Gasteiger partial charge < -0.3 is 5.73 Å². The maximum Gasteiger partial charge on any atom is 0.221 e. The first-order chi connectivity index (χ1) is 10.1. The van der Waals surface area contributed by atoms with E-state index in [9.17, 15) is 0 Å². The van der Waals surface area contributed by atoms with Crippen LogP contribution in [0, 0.1) is 6.92 Å². The van der Waals surface area contributed by atoms with Gasteiger partial charge in [0.15, 0.2) is 0 Å². The third-order valence-corrected chi connectivity index (χ3v) is 3.73. The molecule has 0 radical (unpaired) electrons. The van der Waals surface area contributed by atoms with Crippen LogP contribution in [0.1, 0.15) is 5.56 Å². The summed E-state index contributed by atoms with van der Waals surface area (Å²) in [6, 6.07) is 18.1. The van der Waals surface area contributed by atoms with Crippen LogP contribution in [-0.2, 0) is 0 Å². The molecular weight excluding hydrogens is 326 g/mol. The molecule has 0 aliphatic carbocycles. The number of hydrogen-bond donors (Lipinski definition) is 1. The van der Waals surface area contributed by atoms with Gasteiger partial charge in [-0.25, -0.2) is 9.97 Å². The summed E-state index contributed by atoms with van der Waals surface area (Å²) >= 11 is 3.43. The quantitative estimate of drug-likeness (QED) is 0.749. The summed E-state index contributed by atoms with van der Waals surface area (Å²) in [6.07, 6.45) is 0. The molecule has 2 aromatic carbocycles. The number of aromatic nitrogens is 2. The monoisotopic (exact) mass is 339 g/mol. The number of nitrogen functional groups attached to an aromatic ring is 1. The zero-order chi connectivity index (χ0) is 14.8. The van der Waals surface area contributed by atoms with Crippen LogP contribution >= 0.6 is 15.9 Å². The molecule has 104 valence electrons. The van der Waals surface area contributed by atoms with E-state index in [0.717, 1.165) is 27.0 Å². The van der Waals surface area contributed by atoms with E-state index in [1.165, 1.54) is 5.56 Å². The lowest BCUT2D eigenvalue weighted by atomic mass is 10.1. The minimum absolute atomic E-state index is 0.284. The summed E-state index contributed by atoms with van der Waals surface area (Å²) in [5.74, 6) is 0.284. The number of benzene rings is 2. The standard InChI is InChI=1S/C17H14BrN3/c1-11-3-2-4-13(9-11)16-10-15(20-17(19)21-16)12-5-7-14(18)8-6-12/h2-10H,1H3,(H2,19,20,21). The topological polar surface area (TPSA) is 51.8 Å². The van der Waals surface area contributed by atoms with Gasteiger partial charge in [0, 0.05) is 15.6 Å². The summed E-state index contributed by atoms with van der Waals surface area (Å²) < 4.78 is 1.03. The highest BCUT2D eigenvalue weighted by atomic mass is 79.9. The van der Waals surface area contributed by atoms with Gasteiger partial charge in [-0.15, -0.1) is 0 Å². The molecule has 3 aromatic rings. The smallest absolute Gasteiger partial charge is 0.221 e. The molecule has 0 spiro atoms. The molecule has 2 N–H and O–H groups in total. The highest BCUT2D eigenvalue weighted by molar-refractivity contribution is 9.10. The SMILES string of the molecule is Cc1cccc(-c2cc(-c3ccc(Br)cc3)nc(N)n2)c1. The van der Waals surface area contributed by atoms with Gasteiger partial charge in [-0.05, 0) is 31.2 Å². The van der Waals surface area contributed by atoms with Crippen LogP contribution in [0.4, 0.5) is 5.95 Å². The van der Waals surface area contributed by atoms with Gasteiger partial charge in [0.05, 0.1) is 11.4 Å². The fraction of sp³-hybridized carbons (Fsp3) is 0.0588. The fourth-order valence-electron chi connectivity index (χ4n) is 2.19. The molecule has 21 heavy (non-hydrogen) atoms. The third kappa shape index (κ3) is 3.11. The van der Waals surface area contributed by atoms with Gasteiger partial charge in [0.2, 0.25) is 5.95 Å². The number of aryl methyl sites for hydroxylation is 1. The lowest BCUT2D eigenvalue weighted by Gasteiger charge is -2.07. The molecule has 3 rings (SSSR count). The molecule has 0 saturated carbocycles. The van der Waals surface area contributed by atoms with Crippen molar-refractivity contribution in [1.82, 2.24) is 9.97 Å². The minimum Gasteiger partial charge on any atom is -0.368 e. The Morgan fingerprint density at radius 2 is 1.52 bits per heavy atom. The van der Waals surface area contributed by atoms with Crippen LogP contribution in [-0.4, -0.2) is 9.97 Å². The Morgan fingerprint density at radius 3 is 2.19 bits per heavy atom. The normalized spacial score (nSPS) is 10.6. The molecule has 0 bridgehead atoms. The lowest BCUT2D eigenvalue weighted by molar-refractivity contribution is 1.19. The molecule has 1 aromatic heterocycles. The summed E-state index contributed by atoms with van der Waals surface area (Å²) in [5.41, 5.74) is 10.8. The number of anilines is 1. The highest BCUT2D eigenvalue weighted by Gasteiger charge is 2.07. The Balaban J connectivity index is 2.10. The van der Waals surface area contributed by atoms with Gasteiger partial charge in [0.1, 0.15) is 0 Å². The van der Waals surface area contributed by atoms with Crippen molar-refractivity contribution in [3.63, 3.8) is 0 Å². The van der Waals surface area contributed by atoms with Crippen molar-refractivity contribution in [3.8, 4) is 22.5 Å². The van der Waals surface area contributed by atoms with Gasteiger partial charge in [-0.1, -0.05) is 51.8 Å². The number of hydrogen-bond acceptors (Lipinski definition) is 3. The van der Waals surface area contributed by atoms with Crippen molar-refractivity contribution in [3.05, 3.63) is 64.6 Å². The molecule has 0 amide bonds. The van der Waals surface area contributed by atoms with Crippen molar-refractivity contribution in [2.24, 2.45) is 0 Å². The van der Waals surface area contributed by atoms with Gasteiger partial charge in [0.25, 0.3) is 0 Å². The van der Waals surface area contributed by atoms with E-state index < -0.39 is 0 Å². The van der Waals surface area contributed by atoms with Crippen molar-refractivity contribution >= 4 is 21.9 Å². The van der Waals surface area contributed by atoms with E-state index >= 15 is 0 Å². The van der Waals surface area contributed by atoms with Crippen LogP contribution in [0.3, 0.4) is 0 Å². The van der Waals surface area contributed by atoms with Gasteiger partial charge >= 0.3 is 0 Å². The molecule has 0 aliphatic rings. The Labute approximate surface area is 132 Å². The minimum atomic E-state index is 0.284. The van der Waals surface area contributed by atoms with E-state index in [-0.39, 0.29) is 5.95 Å². The van der Waals surface area contributed by atoms with Gasteiger partial charge in [-0.2, -0.15) is 0 Å². The van der Waals surface area contributed by atoms with Gasteiger partial charge in [-0.3, -0.25) is 0 Å². The molecule has 1 heterocycles. The molecule has 4 heteroatoms. The molecular formula is C17H14BrN3. The van der Waals surface area contributed by atoms with Crippen LogP contribution in [0.5, 0.6) is 0 Å². The van der Waals surface area contributed by atoms with Crippen LogP contribution in [0.25, 0.3) is 22.5 Å². The van der Waals surface area contributed by atoms with Crippen LogP contribution in [0.2, 0.25) is 0 Å². The maximum atomic E-state index is 5.87. The Hall–Kier alpha value is -2.20. The molecule has 0 atom stereocenters. The first kappa shape index (κ1) is 13.8. The van der Waals surface area contributed by atoms with Crippen LogP contribution < -0.4 is 5.73 Å². The van der Waals surface area contributed by atoms with E-state index in [4.69, 9.17) is 5.73 Å². The van der Waals surface area contributed by atoms with E-state index in [0.29, 0.717) is 0 Å². The largest absolute Gasteiger partial charge is 0.368 e. The van der Waals surface area contributed by atoms with Crippen molar-refractivity contribution in [1.29, 1.82) is 0 Å². The second-order valence-electron chi connectivity index (χ2n) is 4.87. The second-order valence-corrected chi connectivity index (χ2v) is 5.79. The molecule has 0 aliphatic heterocycles. The average Bonchev–Trinajstić information content (AvgIpc) is 2.47. The number of halogens is 1. The molecule has 0 unspecified atom stereocenters. The fourth-order valence-corrected chi connectivity index (χ4v) is 2.45. The second kappa shape index (κ2) is 5.66. The highest BCUT2D eigenvalue weighted by Crippen LogP contribution is 2.26. The Kier molecular flexibility index (Phi) is 3.71. The zero-order valence-corrected chi connectivity index (χ0v) is 13.1. The summed E-state index contributed by atoms with van der Waals surface area (Å²) in [6.45, 7) is 2.06. The van der Waals surface area contributed by atoms with Crippen molar-refractivity contribution in [2.75, 3.05) is 5.73 Å². The summed E-state index contributed by atoms with van der Waals surface area (Å²) in [5, 5.41) is 0. The molecule has 3 nitrogen and oxygen atoms in total. The van der Waals surface area contributed by atoms with E-state index in [1.54, 1.807) is 0 Å². The van der Waals surface area contributed by atoms with E-state index in [2.05, 4.69) is 45.0 Å². The third-order valence-electron chi connectivity index (χ3n) is 3.20. The number of nitrogens with zero attached hydrogens (tertiary/aromatic N) is 2. The lowest BCUT2D eigenvalue weighted by Crippen LogP contribution is -1.98. The summed E-state index contributed by atoms with van der Waals surface area (Å²) in [4.78, 5) is 8.68. The number of nitrogens with two attached hydrogens (primary N) is 1. The molecule has 0 fully saturated rings. The van der Waals surface area contributed by atoms with Crippen molar-refractivity contribution in [2.45, 2.75) is 6.92 Å². The Morgan fingerprint density at radius 1 is 0.857 bits per heavy atom. The number of rotatable bonds is 2. The Bertz CT molecular complexity index is 782. The predicted octanol–water partition coefficient (Wildman–Crippen LogP) is 4.46. The first-order valence-electron chi connectivity index (χ1n) is 6.59. The zero-order valence-electron chi connectivity index (χ0n) is 11.5. The summed E-state index contributed by atoms with van der Waals surface area (Å²) in [7, 11) is 0. The predicted molar refractivity (Wildman–Crippen MR) is 89.8 cm³/mol. The van der Waals surface area contributed by atoms with Crippen molar-refractivity contribution < 1.29 is 0 Å². The van der Waals surface area contributed by atoms with E-state index in [1.807, 2.05) is 42.5 Å². The van der Waals surface area contributed by atoms with Crippen LogP contribution in [0.15, 0.2) is 59.1 Å². The molecule has 0 saturated heterocycles.